The van der Waals surface area contributed by atoms with Crippen LogP contribution in [0, 0.1) is 5.92 Å². The molecule has 0 aromatic rings. The molecule has 0 aliphatic heterocycles. The molecule has 1 saturated carbocycles. The minimum atomic E-state index is -0.837. The van der Waals surface area contributed by atoms with Crippen LogP contribution >= 0.6 is 0 Å². The molecule has 0 radical (unpaired) electrons. The van der Waals surface area contributed by atoms with Crippen LogP contribution in [-0.4, -0.2) is 36.9 Å². The maximum Gasteiger partial charge on any atom is 0.323 e. The molecule has 3 atom stereocenters. The summed E-state index contributed by atoms with van der Waals surface area (Å²) in [5, 5.41) is 11.7. The summed E-state index contributed by atoms with van der Waals surface area (Å²) in [5.41, 5.74) is 0. The summed E-state index contributed by atoms with van der Waals surface area (Å²) in [6.45, 7) is 2.34. The second kappa shape index (κ2) is 3.87. The summed E-state index contributed by atoms with van der Waals surface area (Å²) in [7, 11) is 1.51. The Hall–Kier alpha value is -0.610. The Morgan fingerprint density at radius 3 is 2.75 bits per heavy atom. The van der Waals surface area contributed by atoms with E-state index in [0.717, 1.165) is 6.42 Å². The standard InChI is InChI=1S/C8H15NO3/c1-5-3-6(5)9-7(4-12-2)8(10)11/h5-7,9H,3-4H2,1-2H3,(H,10,11). The highest BCUT2D eigenvalue weighted by Crippen LogP contribution is 2.29. The molecule has 0 aromatic heterocycles. The number of methoxy groups -OCH3 is 1. The topological polar surface area (TPSA) is 58.6 Å². The van der Waals surface area contributed by atoms with Gasteiger partial charge in [-0.3, -0.25) is 10.1 Å². The van der Waals surface area contributed by atoms with E-state index in [1.54, 1.807) is 0 Å². The quantitative estimate of drug-likeness (QED) is 0.618. The lowest BCUT2D eigenvalue weighted by molar-refractivity contribution is -0.140. The highest BCUT2D eigenvalue weighted by molar-refractivity contribution is 5.73. The van der Waals surface area contributed by atoms with Crippen LogP contribution in [0.2, 0.25) is 0 Å². The molecule has 3 unspecified atom stereocenters. The van der Waals surface area contributed by atoms with E-state index in [4.69, 9.17) is 9.84 Å². The van der Waals surface area contributed by atoms with Gasteiger partial charge in [-0.15, -0.1) is 0 Å². The van der Waals surface area contributed by atoms with Crippen molar-refractivity contribution in [2.24, 2.45) is 5.92 Å². The number of rotatable bonds is 5. The SMILES string of the molecule is COCC(NC1CC1C)C(=O)O. The van der Waals surface area contributed by atoms with Gasteiger partial charge in [0.05, 0.1) is 6.61 Å². The third kappa shape index (κ3) is 2.46. The molecule has 1 rings (SSSR count). The normalized spacial score (nSPS) is 29.8. The van der Waals surface area contributed by atoms with Crippen LogP contribution < -0.4 is 5.32 Å². The Labute approximate surface area is 71.9 Å². The fourth-order valence-electron chi connectivity index (χ4n) is 1.17. The van der Waals surface area contributed by atoms with Gasteiger partial charge in [0, 0.05) is 13.2 Å². The molecule has 0 aromatic carbocycles. The Morgan fingerprint density at radius 1 is 1.83 bits per heavy atom. The van der Waals surface area contributed by atoms with Crippen LogP contribution in [0.3, 0.4) is 0 Å². The van der Waals surface area contributed by atoms with E-state index in [-0.39, 0.29) is 6.61 Å². The first-order chi connectivity index (χ1) is 5.65. The molecule has 4 heteroatoms. The lowest BCUT2D eigenvalue weighted by atomic mass is 10.3. The van der Waals surface area contributed by atoms with Gasteiger partial charge in [0.2, 0.25) is 0 Å². The molecule has 1 aliphatic carbocycles. The number of ether oxygens (including phenoxy) is 1. The lowest BCUT2D eigenvalue weighted by Gasteiger charge is -2.12. The first-order valence-electron chi connectivity index (χ1n) is 4.13. The number of hydrogen-bond acceptors (Lipinski definition) is 3. The van der Waals surface area contributed by atoms with Gasteiger partial charge >= 0.3 is 5.97 Å². The van der Waals surface area contributed by atoms with Crippen LogP contribution in [0.15, 0.2) is 0 Å². The number of carbonyl (C=O) groups is 1. The molecular weight excluding hydrogens is 158 g/mol. The van der Waals surface area contributed by atoms with Crippen LogP contribution in [0.1, 0.15) is 13.3 Å². The average molecular weight is 173 g/mol. The van der Waals surface area contributed by atoms with Crippen LogP contribution in [0.25, 0.3) is 0 Å². The van der Waals surface area contributed by atoms with Crippen molar-refractivity contribution in [2.75, 3.05) is 13.7 Å². The maximum absolute atomic E-state index is 10.6. The lowest BCUT2D eigenvalue weighted by Crippen LogP contribution is -2.42. The van der Waals surface area contributed by atoms with Crippen LogP contribution in [0.5, 0.6) is 0 Å². The molecule has 0 amide bonds. The fourth-order valence-corrected chi connectivity index (χ4v) is 1.17. The summed E-state index contributed by atoms with van der Waals surface area (Å²) in [6.07, 6.45) is 1.08. The second-order valence-electron chi connectivity index (χ2n) is 3.33. The minimum Gasteiger partial charge on any atom is -0.480 e. The molecule has 0 saturated heterocycles. The summed E-state index contributed by atoms with van der Waals surface area (Å²) in [5.74, 6) is -0.223. The van der Waals surface area contributed by atoms with Crippen molar-refractivity contribution in [1.29, 1.82) is 0 Å². The van der Waals surface area contributed by atoms with Gasteiger partial charge in [-0.2, -0.15) is 0 Å². The van der Waals surface area contributed by atoms with Crippen LogP contribution in [-0.2, 0) is 9.53 Å². The third-order valence-electron chi connectivity index (χ3n) is 2.16. The summed E-state index contributed by atoms with van der Waals surface area (Å²) < 4.78 is 4.79. The van der Waals surface area contributed by atoms with Gasteiger partial charge in [-0.25, -0.2) is 0 Å². The predicted octanol–water partition coefficient (Wildman–Crippen LogP) is 0.0840. The monoisotopic (exact) mass is 173 g/mol. The molecule has 0 spiro atoms. The molecular formula is C8H15NO3. The molecule has 0 bridgehead atoms. The number of carboxylic acids is 1. The Bertz CT molecular complexity index is 172. The van der Waals surface area contributed by atoms with Crippen molar-refractivity contribution >= 4 is 5.97 Å². The van der Waals surface area contributed by atoms with Gasteiger partial charge in [-0.05, 0) is 12.3 Å². The van der Waals surface area contributed by atoms with E-state index >= 15 is 0 Å². The third-order valence-corrected chi connectivity index (χ3v) is 2.16. The fraction of sp³-hybridized carbons (Fsp3) is 0.875. The zero-order valence-corrected chi connectivity index (χ0v) is 7.41. The highest BCUT2D eigenvalue weighted by atomic mass is 16.5. The second-order valence-corrected chi connectivity index (χ2v) is 3.33. The number of aliphatic carboxylic acids is 1. The number of carboxylic acid groups (broad SMARTS) is 1. The minimum absolute atomic E-state index is 0.235. The average Bonchev–Trinajstić information content (AvgIpc) is 2.65. The molecule has 2 N–H and O–H groups in total. The summed E-state index contributed by atoms with van der Waals surface area (Å²) >= 11 is 0. The van der Waals surface area contributed by atoms with E-state index in [1.807, 2.05) is 0 Å². The van der Waals surface area contributed by atoms with Gasteiger partial charge in [0.25, 0.3) is 0 Å². The molecule has 1 fully saturated rings. The van der Waals surface area contributed by atoms with Crippen molar-refractivity contribution in [1.82, 2.24) is 5.32 Å². The molecule has 70 valence electrons. The Morgan fingerprint density at radius 2 is 2.42 bits per heavy atom. The Balaban J connectivity index is 2.28. The van der Waals surface area contributed by atoms with Gasteiger partial charge in [0.15, 0.2) is 0 Å². The van der Waals surface area contributed by atoms with E-state index in [2.05, 4.69) is 12.2 Å². The Kier molecular flexibility index (Phi) is 3.05. The van der Waals surface area contributed by atoms with Crippen LogP contribution in [0.4, 0.5) is 0 Å². The first-order valence-corrected chi connectivity index (χ1v) is 4.13. The van der Waals surface area contributed by atoms with E-state index in [1.165, 1.54) is 7.11 Å². The van der Waals surface area contributed by atoms with Crippen molar-refractivity contribution in [3.63, 3.8) is 0 Å². The van der Waals surface area contributed by atoms with Crippen molar-refractivity contribution < 1.29 is 14.6 Å². The number of nitrogens with one attached hydrogen (secondary N) is 1. The summed E-state index contributed by atoms with van der Waals surface area (Å²) in [4.78, 5) is 10.6. The largest absolute Gasteiger partial charge is 0.480 e. The zero-order chi connectivity index (χ0) is 9.14. The highest BCUT2D eigenvalue weighted by Gasteiger charge is 2.35. The molecule has 1 aliphatic rings. The first kappa shape index (κ1) is 9.48. The summed E-state index contributed by atoms with van der Waals surface area (Å²) in [6, 6.07) is -0.175. The van der Waals surface area contributed by atoms with Crippen molar-refractivity contribution in [3.05, 3.63) is 0 Å². The smallest absolute Gasteiger partial charge is 0.323 e. The molecule has 0 heterocycles. The van der Waals surface area contributed by atoms with Gasteiger partial charge in [0.1, 0.15) is 6.04 Å². The predicted molar refractivity (Wildman–Crippen MR) is 44.0 cm³/mol. The van der Waals surface area contributed by atoms with E-state index in [0.29, 0.717) is 12.0 Å². The zero-order valence-electron chi connectivity index (χ0n) is 7.41. The molecule has 12 heavy (non-hydrogen) atoms. The van der Waals surface area contributed by atoms with Gasteiger partial charge < -0.3 is 9.84 Å². The molecule has 4 nitrogen and oxygen atoms in total. The number of hydrogen-bond donors (Lipinski definition) is 2. The van der Waals surface area contributed by atoms with E-state index < -0.39 is 12.0 Å². The van der Waals surface area contributed by atoms with Crippen molar-refractivity contribution in [3.8, 4) is 0 Å². The maximum atomic E-state index is 10.6. The van der Waals surface area contributed by atoms with E-state index in [9.17, 15) is 4.79 Å². The van der Waals surface area contributed by atoms with Gasteiger partial charge in [-0.1, -0.05) is 6.92 Å². The van der Waals surface area contributed by atoms with Crippen molar-refractivity contribution in [2.45, 2.75) is 25.4 Å².